The Bertz CT molecular complexity index is 1110. The van der Waals surface area contributed by atoms with Gasteiger partial charge in [0.05, 0.1) is 16.8 Å². The lowest BCUT2D eigenvalue weighted by Crippen LogP contribution is -2.70. The van der Waals surface area contributed by atoms with Gasteiger partial charge in [-0.15, -0.1) is 11.8 Å². The molecule has 1 aromatic carbocycles. The fourth-order valence-corrected chi connectivity index (χ4v) is 5.52. The van der Waals surface area contributed by atoms with Crippen LogP contribution in [0.15, 0.2) is 41.6 Å². The molecule has 0 aliphatic carbocycles. The van der Waals surface area contributed by atoms with E-state index in [4.69, 9.17) is 5.73 Å². The molecule has 2 atom stereocenters. The minimum absolute atomic E-state index is 0.0115. The predicted molar refractivity (Wildman–Crippen MR) is 117 cm³/mol. The molecule has 1 saturated heterocycles. The molecule has 0 saturated carbocycles. The number of carboxylic acids is 1. The first-order valence-corrected chi connectivity index (χ1v) is 11.0. The second-order valence-corrected chi connectivity index (χ2v) is 8.89. The molecule has 4 rings (SSSR count). The number of carbonyl (C=O) groups excluding carboxylic acids is 2. The third-order valence-corrected chi connectivity index (χ3v) is 6.89. The topological polar surface area (TPSA) is 138 Å². The Balaban J connectivity index is 1.38. The zero-order valence-electron chi connectivity index (χ0n) is 15.9. The van der Waals surface area contributed by atoms with E-state index >= 15 is 0 Å². The summed E-state index contributed by atoms with van der Waals surface area (Å²) in [5.74, 6) is -1.45. The molecule has 0 bridgehead atoms. The molecular weight excluding hydrogens is 426 g/mol. The van der Waals surface area contributed by atoms with Crippen molar-refractivity contribution >= 4 is 61.9 Å². The number of aromatic nitrogens is 1. The number of carboxylic acid groups (broad SMARTS) is 1. The molecule has 2 aliphatic rings. The summed E-state index contributed by atoms with van der Waals surface area (Å²) in [5.41, 5.74) is 7.81. The van der Waals surface area contributed by atoms with Crippen LogP contribution in [0.5, 0.6) is 0 Å². The number of β-lactam (4-membered cyclic amide) rings is 1. The molecule has 2 aromatic rings. The summed E-state index contributed by atoms with van der Waals surface area (Å²) < 4.78 is 0.909. The minimum atomic E-state index is -1.15. The number of thiazole rings is 1. The number of benzene rings is 1. The average Bonchev–Trinajstić information content (AvgIpc) is 3.09. The Morgan fingerprint density at radius 3 is 2.97 bits per heavy atom. The predicted octanol–water partition coefficient (Wildman–Crippen LogP) is 1.61. The fourth-order valence-electron chi connectivity index (χ4n) is 3.43. The molecule has 11 heteroatoms. The van der Waals surface area contributed by atoms with E-state index in [1.54, 1.807) is 25.1 Å². The summed E-state index contributed by atoms with van der Waals surface area (Å²) in [6.45, 7) is 1.77. The van der Waals surface area contributed by atoms with Crippen LogP contribution in [0.1, 0.15) is 6.92 Å². The quantitative estimate of drug-likeness (QED) is 0.492. The number of allylic oxidation sites excluding steroid dienone is 2. The number of nitrogens with two attached hydrogens (primary N) is 1. The Morgan fingerprint density at radius 2 is 2.23 bits per heavy atom. The van der Waals surface area contributed by atoms with Gasteiger partial charge in [0.15, 0.2) is 5.13 Å². The van der Waals surface area contributed by atoms with Crippen LogP contribution in [0.25, 0.3) is 10.2 Å². The first-order chi connectivity index (χ1) is 14.4. The Hall–Kier alpha value is -3.05. The average molecular weight is 446 g/mol. The highest BCUT2D eigenvalue weighted by atomic mass is 32.2. The van der Waals surface area contributed by atoms with Crippen molar-refractivity contribution in [1.82, 2.24) is 15.2 Å². The van der Waals surface area contributed by atoms with Gasteiger partial charge in [-0.2, -0.15) is 0 Å². The summed E-state index contributed by atoms with van der Waals surface area (Å²) >= 11 is 2.79. The number of rotatable bonds is 6. The third kappa shape index (κ3) is 3.61. The van der Waals surface area contributed by atoms with Crippen LogP contribution in [0.4, 0.5) is 10.8 Å². The molecule has 1 aromatic heterocycles. The molecular formula is C19H19N5O4S2. The van der Waals surface area contributed by atoms with Gasteiger partial charge >= 0.3 is 5.97 Å². The molecule has 30 heavy (non-hydrogen) atoms. The second kappa shape index (κ2) is 8.00. The first-order valence-electron chi connectivity index (χ1n) is 9.12. The third-order valence-electron chi connectivity index (χ3n) is 4.74. The summed E-state index contributed by atoms with van der Waals surface area (Å²) in [5, 5.41) is 15.3. The summed E-state index contributed by atoms with van der Waals surface area (Å²) in [6.07, 6.45) is 3.44. The van der Waals surface area contributed by atoms with Crippen molar-refractivity contribution in [3.8, 4) is 0 Å². The first kappa shape index (κ1) is 20.2. The van der Waals surface area contributed by atoms with Crippen molar-refractivity contribution in [3.63, 3.8) is 0 Å². The molecule has 3 heterocycles. The molecule has 156 valence electrons. The lowest BCUT2D eigenvalue weighted by molar-refractivity contribution is -0.150. The normalized spacial score (nSPS) is 21.0. The van der Waals surface area contributed by atoms with Crippen molar-refractivity contribution in [2.75, 3.05) is 23.3 Å². The van der Waals surface area contributed by atoms with Crippen LogP contribution in [-0.4, -0.2) is 56.5 Å². The van der Waals surface area contributed by atoms with Gasteiger partial charge in [-0.3, -0.25) is 14.5 Å². The lowest BCUT2D eigenvalue weighted by Gasteiger charge is -2.49. The number of aliphatic carboxylic acids is 1. The number of fused-ring (bicyclic) bond motifs is 2. The Kier molecular flexibility index (Phi) is 5.39. The number of nitrogen functional groups attached to an aromatic ring is 1. The smallest absolute Gasteiger partial charge is 0.352 e. The highest BCUT2D eigenvalue weighted by Gasteiger charge is 2.53. The van der Waals surface area contributed by atoms with Gasteiger partial charge in [0.1, 0.15) is 17.1 Å². The van der Waals surface area contributed by atoms with Crippen molar-refractivity contribution in [2.24, 2.45) is 0 Å². The lowest BCUT2D eigenvalue weighted by atomic mass is 10.0. The fraction of sp³-hybridized carbons (Fsp3) is 0.263. The number of anilines is 2. The Labute approximate surface area is 180 Å². The van der Waals surface area contributed by atoms with Crippen molar-refractivity contribution < 1.29 is 19.5 Å². The zero-order chi connectivity index (χ0) is 21.4. The van der Waals surface area contributed by atoms with E-state index in [1.807, 2.05) is 12.1 Å². The van der Waals surface area contributed by atoms with Gasteiger partial charge in [-0.1, -0.05) is 23.5 Å². The van der Waals surface area contributed by atoms with Gasteiger partial charge in [0.25, 0.3) is 5.91 Å². The minimum Gasteiger partial charge on any atom is -0.477 e. The standard InChI is InChI=1S/C19H19N5O4S2/c1-2-3-9-8-29-17-14(16(26)24(17)15(9)18(27)28)23-13(25)7-21-10-4-5-11-12(6-10)30-19(20)22-11/h2-6,14,17,21H,7-8H2,1H3,(H2,20,22)(H,23,25)(H,27,28)/t14?,17-/m0/s1. The van der Waals surface area contributed by atoms with Crippen LogP contribution < -0.4 is 16.4 Å². The maximum Gasteiger partial charge on any atom is 0.352 e. The molecule has 2 amide bonds. The van der Waals surface area contributed by atoms with Crippen LogP contribution >= 0.6 is 23.1 Å². The van der Waals surface area contributed by atoms with Gasteiger partial charge in [0.2, 0.25) is 5.91 Å². The summed E-state index contributed by atoms with van der Waals surface area (Å²) in [7, 11) is 0. The molecule has 9 nitrogen and oxygen atoms in total. The SMILES string of the molecule is CC=CC1=C(C(=O)O)N2C(=O)C(NC(=O)CNc3ccc4nc(N)sc4c3)[C@@H]2SC1. The second-order valence-electron chi connectivity index (χ2n) is 6.72. The van der Waals surface area contributed by atoms with Crippen molar-refractivity contribution in [1.29, 1.82) is 0 Å². The summed E-state index contributed by atoms with van der Waals surface area (Å²) in [4.78, 5) is 42.0. The van der Waals surface area contributed by atoms with Crippen LogP contribution in [0.3, 0.4) is 0 Å². The van der Waals surface area contributed by atoms with E-state index in [-0.39, 0.29) is 18.1 Å². The van der Waals surface area contributed by atoms with Crippen LogP contribution in [0.2, 0.25) is 0 Å². The highest BCUT2D eigenvalue weighted by Crippen LogP contribution is 2.40. The number of nitrogens with one attached hydrogen (secondary N) is 2. The summed E-state index contributed by atoms with van der Waals surface area (Å²) in [6, 6.07) is 4.73. The number of thioether (sulfide) groups is 1. The molecule has 5 N–H and O–H groups in total. The van der Waals surface area contributed by atoms with Gasteiger partial charge in [0, 0.05) is 11.4 Å². The Morgan fingerprint density at radius 1 is 1.43 bits per heavy atom. The molecule has 1 fully saturated rings. The van der Waals surface area contributed by atoms with E-state index in [0.717, 1.165) is 15.9 Å². The number of carbonyl (C=O) groups is 3. The van der Waals surface area contributed by atoms with Gasteiger partial charge in [-0.25, -0.2) is 9.78 Å². The van der Waals surface area contributed by atoms with E-state index in [1.165, 1.54) is 28.0 Å². The van der Waals surface area contributed by atoms with Gasteiger partial charge < -0.3 is 21.5 Å². The van der Waals surface area contributed by atoms with E-state index in [0.29, 0.717) is 16.5 Å². The molecule has 0 radical (unpaired) electrons. The molecule has 0 spiro atoms. The number of amides is 2. The maximum atomic E-state index is 12.6. The zero-order valence-corrected chi connectivity index (χ0v) is 17.5. The van der Waals surface area contributed by atoms with E-state index in [2.05, 4.69) is 15.6 Å². The van der Waals surface area contributed by atoms with E-state index < -0.39 is 23.3 Å². The van der Waals surface area contributed by atoms with Crippen LogP contribution in [-0.2, 0) is 14.4 Å². The maximum absolute atomic E-state index is 12.6. The van der Waals surface area contributed by atoms with Crippen LogP contribution in [0, 0.1) is 0 Å². The van der Waals surface area contributed by atoms with Gasteiger partial charge in [-0.05, 0) is 30.7 Å². The molecule has 1 unspecified atom stereocenters. The highest BCUT2D eigenvalue weighted by molar-refractivity contribution is 8.00. The number of hydrogen-bond donors (Lipinski definition) is 4. The monoisotopic (exact) mass is 445 g/mol. The molecule has 2 aliphatic heterocycles. The van der Waals surface area contributed by atoms with E-state index in [9.17, 15) is 19.5 Å². The van der Waals surface area contributed by atoms with Crippen molar-refractivity contribution in [3.05, 3.63) is 41.6 Å². The number of hydrogen-bond acceptors (Lipinski definition) is 8. The number of nitrogens with zero attached hydrogens (tertiary/aromatic N) is 2. The largest absolute Gasteiger partial charge is 0.477 e. The van der Waals surface area contributed by atoms with Crippen molar-refractivity contribution in [2.45, 2.75) is 18.3 Å².